The van der Waals surface area contributed by atoms with Crippen molar-refractivity contribution in [2.75, 3.05) is 20.8 Å². The van der Waals surface area contributed by atoms with Gasteiger partial charge in [0.05, 0.1) is 14.2 Å². The molecule has 6 heteroatoms. The molecule has 0 unspecified atom stereocenters. The minimum Gasteiger partial charge on any atom is -0.493 e. The van der Waals surface area contributed by atoms with Crippen molar-refractivity contribution in [3.8, 4) is 11.5 Å². The number of methoxy groups -OCH3 is 2. The molecule has 2 rings (SSSR count). The van der Waals surface area contributed by atoms with E-state index in [0.717, 1.165) is 5.56 Å². The lowest BCUT2D eigenvalue weighted by Crippen LogP contribution is -2.26. The summed E-state index contributed by atoms with van der Waals surface area (Å²) in [6.45, 7) is 0.311. The fourth-order valence-corrected chi connectivity index (χ4v) is 2.30. The van der Waals surface area contributed by atoms with Gasteiger partial charge in [0.1, 0.15) is 5.92 Å². The predicted octanol–water partition coefficient (Wildman–Crippen LogP) is 0.618. The maximum atomic E-state index is 11.5. The second kappa shape index (κ2) is 5.17. The maximum Gasteiger partial charge on any atom is 0.316 e. The van der Waals surface area contributed by atoms with Crippen molar-refractivity contribution in [2.24, 2.45) is 5.92 Å². The lowest BCUT2D eigenvalue weighted by molar-refractivity contribution is -0.145. The van der Waals surface area contributed by atoms with E-state index in [1.54, 1.807) is 18.2 Å². The van der Waals surface area contributed by atoms with Crippen LogP contribution in [0.3, 0.4) is 0 Å². The molecule has 0 bridgehead atoms. The van der Waals surface area contributed by atoms with E-state index in [0.29, 0.717) is 18.0 Å². The average molecular weight is 265 g/mol. The first kappa shape index (κ1) is 13.2. The summed E-state index contributed by atoms with van der Waals surface area (Å²) < 4.78 is 10.3. The van der Waals surface area contributed by atoms with Gasteiger partial charge in [-0.05, 0) is 17.7 Å². The van der Waals surface area contributed by atoms with Crippen LogP contribution in [0, 0.1) is 5.92 Å². The summed E-state index contributed by atoms with van der Waals surface area (Å²) in [6, 6.07) is 5.16. The third-order valence-corrected chi connectivity index (χ3v) is 3.28. The molecule has 1 aromatic rings. The molecule has 0 aliphatic carbocycles. The standard InChI is InChI=1S/C13H15NO5/c1-18-9-4-3-7(5-10(9)19-2)8-6-14-12(15)11(8)13(16)17/h3-5,8,11H,6H2,1-2H3,(H,14,15)(H,16,17)/t8-,11+/m0/s1. The molecule has 0 radical (unpaired) electrons. The van der Waals surface area contributed by atoms with Crippen LogP contribution in [0.1, 0.15) is 11.5 Å². The van der Waals surface area contributed by atoms with Crippen LogP contribution in [0.5, 0.6) is 11.5 Å². The minimum atomic E-state index is -1.12. The number of carbonyl (C=O) groups excluding carboxylic acids is 1. The zero-order valence-electron chi connectivity index (χ0n) is 10.7. The smallest absolute Gasteiger partial charge is 0.316 e. The second-order valence-corrected chi connectivity index (χ2v) is 4.28. The van der Waals surface area contributed by atoms with Gasteiger partial charge in [0, 0.05) is 12.5 Å². The molecule has 1 fully saturated rings. The lowest BCUT2D eigenvalue weighted by atomic mass is 9.88. The first-order chi connectivity index (χ1) is 9.08. The zero-order valence-corrected chi connectivity index (χ0v) is 10.7. The number of hydrogen-bond donors (Lipinski definition) is 2. The summed E-state index contributed by atoms with van der Waals surface area (Å²) in [6.07, 6.45) is 0. The van der Waals surface area contributed by atoms with E-state index in [2.05, 4.69) is 5.32 Å². The van der Waals surface area contributed by atoms with Gasteiger partial charge in [0.2, 0.25) is 5.91 Å². The normalized spacial score (nSPS) is 21.9. The van der Waals surface area contributed by atoms with Gasteiger partial charge in [-0.15, -0.1) is 0 Å². The number of carboxylic acids is 1. The van der Waals surface area contributed by atoms with Gasteiger partial charge in [0.15, 0.2) is 11.5 Å². The van der Waals surface area contributed by atoms with Gasteiger partial charge in [-0.3, -0.25) is 9.59 Å². The van der Waals surface area contributed by atoms with Crippen LogP contribution in [0.2, 0.25) is 0 Å². The van der Waals surface area contributed by atoms with E-state index >= 15 is 0 Å². The second-order valence-electron chi connectivity index (χ2n) is 4.28. The fourth-order valence-electron chi connectivity index (χ4n) is 2.30. The molecule has 1 amide bonds. The molecule has 0 spiro atoms. The zero-order chi connectivity index (χ0) is 14.0. The summed E-state index contributed by atoms with van der Waals surface area (Å²) in [5.74, 6) is -1.94. The van der Waals surface area contributed by atoms with Crippen LogP contribution in [0.4, 0.5) is 0 Å². The molecule has 1 saturated heterocycles. The van der Waals surface area contributed by atoms with Gasteiger partial charge < -0.3 is 19.9 Å². The highest BCUT2D eigenvalue weighted by atomic mass is 16.5. The maximum absolute atomic E-state index is 11.5. The van der Waals surface area contributed by atoms with Crippen molar-refractivity contribution < 1.29 is 24.2 Å². The van der Waals surface area contributed by atoms with Crippen molar-refractivity contribution >= 4 is 11.9 Å². The Morgan fingerprint density at radius 3 is 2.58 bits per heavy atom. The van der Waals surface area contributed by atoms with Crippen molar-refractivity contribution in [1.82, 2.24) is 5.32 Å². The Balaban J connectivity index is 2.36. The highest BCUT2D eigenvalue weighted by molar-refractivity contribution is 5.99. The van der Waals surface area contributed by atoms with Crippen LogP contribution in [0.25, 0.3) is 0 Å². The third-order valence-electron chi connectivity index (χ3n) is 3.28. The molecular formula is C13H15NO5. The fraction of sp³-hybridized carbons (Fsp3) is 0.385. The topological polar surface area (TPSA) is 84.9 Å². The number of amides is 1. The van der Waals surface area contributed by atoms with Crippen molar-refractivity contribution in [2.45, 2.75) is 5.92 Å². The molecule has 2 N–H and O–H groups in total. The first-order valence-electron chi connectivity index (χ1n) is 5.81. The minimum absolute atomic E-state index is 0.311. The molecule has 0 saturated carbocycles. The van der Waals surface area contributed by atoms with E-state index in [1.165, 1.54) is 14.2 Å². The summed E-state index contributed by atoms with van der Waals surface area (Å²) >= 11 is 0. The first-order valence-corrected chi connectivity index (χ1v) is 5.81. The summed E-state index contributed by atoms with van der Waals surface area (Å²) in [4.78, 5) is 22.7. The van der Waals surface area contributed by atoms with E-state index in [9.17, 15) is 9.59 Å². The van der Waals surface area contributed by atoms with Gasteiger partial charge >= 0.3 is 5.97 Å². The average Bonchev–Trinajstić information content (AvgIpc) is 2.79. The number of hydrogen-bond acceptors (Lipinski definition) is 4. The number of aliphatic carboxylic acids is 1. The van der Waals surface area contributed by atoms with E-state index in [1.807, 2.05) is 0 Å². The van der Waals surface area contributed by atoms with Crippen LogP contribution >= 0.6 is 0 Å². The van der Waals surface area contributed by atoms with Crippen molar-refractivity contribution in [3.63, 3.8) is 0 Å². The Bertz CT molecular complexity index is 514. The molecule has 102 valence electrons. The Labute approximate surface area is 110 Å². The number of ether oxygens (including phenoxy) is 2. The van der Waals surface area contributed by atoms with Gasteiger partial charge in [0.25, 0.3) is 0 Å². The Morgan fingerprint density at radius 1 is 1.32 bits per heavy atom. The largest absolute Gasteiger partial charge is 0.493 e. The van der Waals surface area contributed by atoms with Crippen LogP contribution in [0.15, 0.2) is 18.2 Å². The van der Waals surface area contributed by atoms with E-state index in [-0.39, 0.29) is 0 Å². The molecule has 0 aromatic heterocycles. The van der Waals surface area contributed by atoms with Gasteiger partial charge in [-0.25, -0.2) is 0 Å². The van der Waals surface area contributed by atoms with Crippen LogP contribution in [-0.2, 0) is 9.59 Å². The van der Waals surface area contributed by atoms with Gasteiger partial charge in [-0.1, -0.05) is 6.07 Å². The number of benzene rings is 1. The molecule has 1 heterocycles. The van der Waals surface area contributed by atoms with E-state index < -0.39 is 23.7 Å². The number of rotatable bonds is 4. The lowest BCUT2D eigenvalue weighted by Gasteiger charge is -2.15. The molecule has 1 aromatic carbocycles. The highest BCUT2D eigenvalue weighted by Gasteiger charge is 2.41. The molecular weight excluding hydrogens is 250 g/mol. The molecule has 1 aliphatic rings. The van der Waals surface area contributed by atoms with Crippen LogP contribution in [-0.4, -0.2) is 37.7 Å². The molecule has 1 aliphatic heterocycles. The third kappa shape index (κ3) is 2.33. The number of nitrogens with one attached hydrogen (secondary N) is 1. The Kier molecular flexibility index (Phi) is 3.59. The SMILES string of the molecule is COc1ccc([C@@H]2CNC(=O)[C@@H]2C(=O)O)cc1OC. The monoisotopic (exact) mass is 265 g/mol. The summed E-state index contributed by atoms with van der Waals surface area (Å²) in [7, 11) is 3.03. The highest BCUT2D eigenvalue weighted by Crippen LogP contribution is 2.35. The quantitative estimate of drug-likeness (QED) is 0.779. The van der Waals surface area contributed by atoms with Crippen molar-refractivity contribution in [1.29, 1.82) is 0 Å². The van der Waals surface area contributed by atoms with Crippen molar-refractivity contribution in [3.05, 3.63) is 23.8 Å². The molecule has 6 nitrogen and oxygen atoms in total. The predicted molar refractivity (Wildman–Crippen MR) is 66.4 cm³/mol. The summed E-state index contributed by atoms with van der Waals surface area (Å²) in [5, 5.41) is 11.7. The number of carbonyl (C=O) groups is 2. The van der Waals surface area contributed by atoms with E-state index in [4.69, 9.17) is 14.6 Å². The summed E-state index contributed by atoms with van der Waals surface area (Å²) in [5.41, 5.74) is 0.739. The molecule has 19 heavy (non-hydrogen) atoms. The Hall–Kier alpha value is -2.24. The Morgan fingerprint density at radius 2 is 2.00 bits per heavy atom. The van der Waals surface area contributed by atoms with Gasteiger partial charge in [-0.2, -0.15) is 0 Å². The van der Waals surface area contributed by atoms with Crippen LogP contribution < -0.4 is 14.8 Å². The molecule has 2 atom stereocenters. The number of carboxylic acid groups (broad SMARTS) is 1.